The van der Waals surface area contributed by atoms with Crippen LogP contribution in [-0.2, 0) is 20.9 Å². The molecule has 1 aliphatic rings. The molecule has 0 radical (unpaired) electrons. The van der Waals surface area contributed by atoms with E-state index in [1.54, 1.807) is 22.3 Å². The Labute approximate surface area is 178 Å². The fourth-order valence-corrected chi connectivity index (χ4v) is 4.03. The van der Waals surface area contributed by atoms with E-state index >= 15 is 0 Å². The third kappa shape index (κ3) is 4.67. The van der Waals surface area contributed by atoms with Crippen LogP contribution < -0.4 is 5.73 Å². The maximum atomic E-state index is 12.6. The zero-order chi connectivity index (χ0) is 20.9. The smallest absolute Gasteiger partial charge is 0.248 e. The predicted octanol–water partition coefficient (Wildman–Crippen LogP) is 2.39. The summed E-state index contributed by atoms with van der Waals surface area (Å²) in [7, 11) is 0. The van der Waals surface area contributed by atoms with Crippen molar-refractivity contribution in [3.8, 4) is 10.6 Å². The summed E-state index contributed by atoms with van der Waals surface area (Å²) in [6.07, 6.45) is 4.48. The molecular weight excluding hydrogens is 400 g/mol. The highest BCUT2D eigenvalue weighted by Crippen LogP contribution is 2.28. The van der Waals surface area contributed by atoms with Gasteiger partial charge in [0.1, 0.15) is 5.69 Å². The van der Waals surface area contributed by atoms with Gasteiger partial charge in [-0.15, -0.1) is 11.3 Å². The van der Waals surface area contributed by atoms with Crippen molar-refractivity contribution >= 4 is 29.2 Å². The van der Waals surface area contributed by atoms with Crippen molar-refractivity contribution in [3.63, 3.8) is 0 Å². The van der Waals surface area contributed by atoms with Crippen LogP contribution in [0.2, 0.25) is 0 Å². The molecule has 3 aromatic rings. The molecule has 1 saturated heterocycles. The molecule has 1 unspecified atom stereocenters. The van der Waals surface area contributed by atoms with Gasteiger partial charge >= 0.3 is 0 Å². The Hall–Kier alpha value is -3.23. The molecule has 0 spiro atoms. The van der Waals surface area contributed by atoms with Crippen molar-refractivity contribution in [1.82, 2.24) is 14.7 Å². The molecule has 8 heteroatoms. The van der Waals surface area contributed by atoms with Gasteiger partial charge in [-0.3, -0.25) is 14.3 Å². The number of hydrogen-bond acceptors (Lipinski definition) is 5. The van der Waals surface area contributed by atoms with E-state index in [4.69, 9.17) is 15.6 Å². The van der Waals surface area contributed by atoms with Crippen LogP contribution in [0.5, 0.6) is 0 Å². The average molecular weight is 423 g/mol. The Balaban J connectivity index is 1.55. The van der Waals surface area contributed by atoms with E-state index in [2.05, 4.69) is 12.1 Å². The number of nitrogens with two attached hydrogens (primary N) is 1. The van der Waals surface area contributed by atoms with Crippen molar-refractivity contribution in [2.75, 3.05) is 19.7 Å². The summed E-state index contributed by atoms with van der Waals surface area (Å²) in [6, 6.07) is 14.1. The third-order valence-corrected chi connectivity index (χ3v) is 5.71. The van der Waals surface area contributed by atoms with E-state index in [1.165, 1.54) is 6.08 Å². The van der Waals surface area contributed by atoms with E-state index < -0.39 is 12.0 Å². The highest BCUT2D eigenvalue weighted by atomic mass is 32.1. The van der Waals surface area contributed by atoms with Gasteiger partial charge in [0.15, 0.2) is 6.10 Å². The van der Waals surface area contributed by atoms with Crippen molar-refractivity contribution in [2.45, 2.75) is 12.6 Å². The minimum atomic E-state index is -0.758. The van der Waals surface area contributed by atoms with Gasteiger partial charge in [-0.05, 0) is 23.1 Å². The number of ether oxygens (including phenoxy) is 1. The third-order valence-electron chi connectivity index (χ3n) is 4.83. The summed E-state index contributed by atoms with van der Waals surface area (Å²) >= 11 is 1.60. The summed E-state index contributed by atoms with van der Waals surface area (Å²) in [5, 5.41) is 6.75. The molecular formula is C22H22N4O3S. The van der Waals surface area contributed by atoms with Crippen LogP contribution in [0.1, 0.15) is 11.1 Å². The summed E-state index contributed by atoms with van der Waals surface area (Å²) < 4.78 is 7.19. The van der Waals surface area contributed by atoms with E-state index in [0.29, 0.717) is 19.7 Å². The van der Waals surface area contributed by atoms with Crippen molar-refractivity contribution < 1.29 is 14.3 Å². The molecule has 7 nitrogen and oxygen atoms in total. The maximum absolute atomic E-state index is 12.6. The van der Waals surface area contributed by atoms with Gasteiger partial charge < -0.3 is 15.4 Å². The van der Waals surface area contributed by atoms with Gasteiger partial charge in [0, 0.05) is 24.4 Å². The standard InChI is InChI=1S/C22H22N4O3S/c23-22(28)18-15-25(10-11-29-18)20(27)9-8-17-14-26(13-16-5-2-1-3-6-16)24-21(17)19-7-4-12-30-19/h1-9,12,14,18H,10-11,13,15H2,(H2,23,28)/b9-8+. The summed E-state index contributed by atoms with van der Waals surface area (Å²) in [6.45, 7) is 1.54. The van der Waals surface area contributed by atoms with Crippen LogP contribution in [-0.4, -0.2) is 52.3 Å². The van der Waals surface area contributed by atoms with Crippen LogP contribution >= 0.6 is 11.3 Å². The first-order valence-corrected chi connectivity index (χ1v) is 10.5. The number of carbonyl (C=O) groups is 2. The Morgan fingerprint density at radius 3 is 2.80 bits per heavy atom. The monoisotopic (exact) mass is 422 g/mol. The lowest BCUT2D eigenvalue weighted by molar-refractivity contribution is -0.142. The van der Waals surface area contributed by atoms with Crippen LogP contribution in [0, 0.1) is 0 Å². The van der Waals surface area contributed by atoms with Crippen LogP contribution in [0.15, 0.2) is 60.1 Å². The molecule has 154 valence electrons. The first kappa shape index (κ1) is 20.1. The number of hydrogen-bond donors (Lipinski definition) is 1. The van der Waals surface area contributed by atoms with Gasteiger partial charge in [0.2, 0.25) is 11.8 Å². The number of amides is 2. The van der Waals surface area contributed by atoms with Gasteiger partial charge in [0.25, 0.3) is 0 Å². The lowest BCUT2D eigenvalue weighted by Gasteiger charge is -2.30. The number of primary amides is 1. The second-order valence-electron chi connectivity index (χ2n) is 6.97. The number of aromatic nitrogens is 2. The molecule has 2 amide bonds. The Morgan fingerprint density at radius 2 is 2.07 bits per heavy atom. The summed E-state index contributed by atoms with van der Waals surface area (Å²) in [4.78, 5) is 26.6. The quantitative estimate of drug-likeness (QED) is 0.618. The van der Waals surface area contributed by atoms with E-state index in [1.807, 2.05) is 46.6 Å². The zero-order valence-electron chi connectivity index (χ0n) is 16.3. The topological polar surface area (TPSA) is 90.5 Å². The first-order chi connectivity index (χ1) is 14.6. The molecule has 1 aromatic carbocycles. The zero-order valence-corrected chi connectivity index (χ0v) is 17.1. The lowest BCUT2D eigenvalue weighted by Crippen LogP contribution is -2.50. The molecule has 1 aliphatic heterocycles. The Bertz CT molecular complexity index is 1040. The minimum absolute atomic E-state index is 0.170. The number of carbonyl (C=O) groups excluding carboxylic acids is 2. The second kappa shape index (κ2) is 9.06. The average Bonchev–Trinajstić information content (AvgIpc) is 3.42. The molecule has 1 atom stereocenters. The fourth-order valence-electron chi connectivity index (χ4n) is 3.30. The van der Waals surface area contributed by atoms with E-state index in [9.17, 15) is 9.59 Å². The number of rotatable bonds is 6. The molecule has 3 heterocycles. The highest BCUT2D eigenvalue weighted by Gasteiger charge is 2.26. The largest absolute Gasteiger partial charge is 0.367 e. The Morgan fingerprint density at radius 1 is 1.23 bits per heavy atom. The lowest BCUT2D eigenvalue weighted by atomic mass is 10.2. The van der Waals surface area contributed by atoms with E-state index in [-0.39, 0.29) is 12.5 Å². The van der Waals surface area contributed by atoms with Gasteiger partial charge in [-0.25, -0.2) is 0 Å². The Kier molecular flexibility index (Phi) is 6.06. The first-order valence-electron chi connectivity index (χ1n) is 9.63. The summed E-state index contributed by atoms with van der Waals surface area (Å²) in [5.41, 5.74) is 8.15. The van der Waals surface area contributed by atoms with Crippen molar-refractivity contribution in [1.29, 1.82) is 0 Å². The van der Waals surface area contributed by atoms with Gasteiger partial charge in [-0.1, -0.05) is 36.4 Å². The minimum Gasteiger partial charge on any atom is -0.367 e. The molecule has 0 aliphatic carbocycles. The normalized spacial score (nSPS) is 16.8. The number of thiophene rings is 1. The van der Waals surface area contributed by atoms with Crippen molar-refractivity contribution in [2.24, 2.45) is 5.73 Å². The fraction of sp³-hybridized carbons (Fsp3) is 0.227. The molecule has 0 saturated carbocycles. The van der Waals surface area contributed by atoms with Crippen LogP contribution in [0.3, 0.4) is 0 Å². The molecule has 1 fully saturated rings. The molecule has 0 bridgehead atoms. The molecule has 2 aromatic heterocycles. The maximum Gasteiger partial charge on any atom is 0.248 e. The van der Waals surface area contributed by atoms with Crippen LogP contribution in [0.25, 0.3) is 16.6 Å². The van der Waals surface area contributed by atoms with E-state index in [0.717, 1.165) is 21.7 Å². The van der Waals surface area contributed by atoms with Gasteiger partial charge in [-0.2, -0.15) is 5.10 Å². The molecule has 2 N–H and O–H groups in total. The number of morpholine rings is 1. The molecule has 4 rings (SSSR count). The highest BCUT2D eigenvalue weighted by molar-refractivity contribution is 7.13. The number of nitrogens with zero attached hydrogens (tertiary/aromatic N) is 3. The summed E-state index contributed by atoms with van der Waals surface area (Å²) in [5.74, 6) is -0.740. The second-order valence-corrected chi connectivity index (χ2v) is 7.92. The number of benzene rings is 1. The van der Waals surface area contributed by atoms with Crippen LogP contribution in [0.4, 0.5) is 0 Å². The van der Waals surface area contributed by atoms with Crippen molar-refractivity contribution in [3.05, 3.63) is 71.2 Å². The molecule has 30 heavy (non-hydrogen) atoms. The van der Waals surface area contributed by atoms with Gasteiger partial charge in [0.05, 0.1) is 24.6 Å². The SMILES string of the molecule is NC(=O)C1CN(C(=O)/C=C/c2cn(Cc3ccccc3)nc2-c2cccs2)CCO1. The predicted molar refractivity (Wildman–Crippen MR) is 116 cm³/mol.